The molecule has 0 unspecified atom stereocenters. The van der Waals surface area contributed by atoms with Gasteiger partial charge in [0.1, 0.15) is 12.7 Å². The maximum Gasteiger partial charge on any atom is 0.137 e. The van der Waals surface area contributed by atoms with Crippen LogP contribution in [0.2, 0.25) is 0 Å². The van der Waals surface area contributed by atoms with E-state index in [0.717, 1.165) is 5.52 Å². The van der Waals surface area contributed by atoms with Gasteiger partial charge in [-0.2, -0.15) is 5.10 Å². The van der Waals surface area contributed by atoms with E-state index in [9.17, 15) is 0 Å². The Kier molecular flexibility index (Phi) is 2.82. The zero-order valence-electron chi connectivity index (χ0n) is 7.29. The highest BCUT2D eigenvalue weighted by Gasteiger charge is 1.89. The van der Waals surface area contributed by atoms with E-state index in [2.05, 4.69) is 26.2 Å². The summed E-state index contributed by atoms with van der Waals surface area (Å²) in [7, 11) is 0. The van der Waals surface area contributed by atoms with Crippen molar-refractivity contribution in [3.05, 3.63) is 42.4 Å². The van der Waals surface area contributed by atoms with Gasteiger partial charge in [-0.15, -0.1) is 11.3 Å². The second-order valence-corrected chi connectivity index (χ2v) is 3.36. The van der Waals surface area contributed by atoms with Crippen LogP contribution in [-0.2, 0) is 0 Å². The standard InChI is InChI=1S/C7H5NS.C2H3N3/c1-2-4-7-6(3-1)8-5-9-7;1-3-2-5-4-1/h1-5H;1-2H,(H,3,4,5). The van der Waals surface area contributed by atoms with E-state index >= 15 is 0 Å². The lowest BCUT2D eigenvalue weighted by Crippen LogP contribution is -1.61. The molecule has 0 aliphatic heterocycles. The van der Waals surface area contributed by atoms with Crippen LogP contribution in [0.4, 0.5) is 0 Å². The Morgan fingerprint density at radius 1 is 1.21 bits per heavy atom. The monoisotopic (exact) mass is 204 g/mol. The van der Waals surface area contributed by atoms with Crippen LogP contribution in [0.3, 0.4) is 0 Å². The Hall–Kier alpha value is -1.75. The Morgan fingerprint density at radius 2 is 2.14 bits per heavy atom. The largest absolute Gasteiger partial charge is 0.266 e. The van der Waals surface area contributed by atoms with Crippen LogP contribution < -0.4 is 0 Å². The van der Waals surface area contributed by atoms with Gasteiger partial charge < -0.3 is 0 Å². The summed E-state index contributed by atoms with van der Waals surface area (Å²) < 4.78 is 1.26. The first-order valence-electron chi connectivity index (χ1n) is 4.04. The summed E-state index contributed by atoms with van der Waals surface area (Å²) in [5.74, 6) is 0. The van der Waals surface area contributed by atoms with E-state index < -0.39 is 0 Å². The normalized spacial score (nSPS) is 9.43. The molecule has 1 aromatic carbocycles. The molecule has 70 valence electrons. The minimum atomic E-state index is 1.10. The first-order chi connectivity index (χ1) is 6.97. The molecule has 0 saturated heterocycles. The molecule has 0 atom stereocenters. The number of nitrogens with zero attached hydrogens (tertiary/aromatic N) is 3. The summed E-state index contributed by atoms with van der Waals surface area (Å²) in [6, 6.07) is 8.13. The summed E-state index contributed by atoms with van der Waals surface area (Å²) in [5.41, 5.74) is 2.97. The Bertz CT molecular complexity index is 427. The summed E-state index contributed by atoms with van der Waals surface area (Å²) >= 11 is 1.68. The average Bonchev–Trinajstić information content (AvgIpc) is 2.92. The molecule has 3 rings (SSSR count). The molecule has 0 spiro atoms. The van der Waals surface area contributed by atoms with Gasteiger partial charge in [0.05, 0.1) is 15.7 Å². The number of thiazole rings is 1. The molecule has 0 bridgehead atoms. The highest BCUT2D eigenvalue weighted by atomic mass is 32.1. The van der Waals surface area contributed by atoms with E-state index in [0.29, 0.717) is 0 Å². The Labute approximate surface area is 84.7 Å². The molecule has 1 N–H and O–H groups in total. The molecule has 0 radical (unpaired) electrons. The summed E-state index contributed by atoms with van der Waals surface area (Å²) in [6.07, 6.45) is 2.96. The molecule has 2 aromatic heterocycles. The molecule has 0 saturated carbocycles. The molecule has 3 aromatic rings. The van der Waals surface area contributed by atoms with Crippen molar-refractivity contribution in [2.45, 2.75) is 0 Å². The van der Waals surface area contributed by atoms with Crippen LogP contribution in [-0.4, -0.2) is 20.2 Å². The number of hydrogen-bond donors (Lipinski definition) is 1. The van der Waals surface area contributed by atoms with Gasteiger partial charge >= 0.3 is 0 Å². The molecule has 0 aliphatic carbocycles. The van der Waals surface area contributed by atoms with Crippen LogP contribution in [0.1, 0.15) is 0 Å². The van der Waals surface area contributed by atoms with Crippen molar-refractivity contribution in [1.29, 1.82) is 0 Å². The SMILES string of the molecule is c1ccc2scnc2c1.c1nc[nH]n1. The van der Waals surface area contributed by atoms with Crippen molar-refractivity contribution in [1.82, 2.24) is 20.2 Å². The van der Waals surface area contributed by atoms with Crippen molar-refractivity contribution >= 4 is 21.6 Å². The first-order valence-corrected chi connectivity index (χ1v) is 4.92. The first kappa shape index (κ1) is 8.83. The Balaban J connectivity index is 0.000000128. The molecule has 0 amide bonds. The Morgan fingerprint density at radius 3 is 2.79 bits per heavy atom. The second kappa shape index (κ2) is 4.48. The molecule has 5 heteroatoms. The molecule has 2 heterocycles. The number of aromatic amines is 1. The quantitative estimate of drug-likeness (QED) is 0.610. The van der Waals surface area contributed by atoms with Gasteiger partial charge in [-0.05, 0) is 12.1 Å². The van der Waals surface area contributed by atoms with Gasteiger partial charge in [0.15, 0.2) is 0 Å². The fraction of sp³-hybridized carbons (Fsp3) is 0. The van der Waals surface area contributed by atoms with Crippen molar-refractivity contribution in [2.24, 2.45) is 0 Å². The number of aromatic nitrogens is 4. The van der Waals surface area contributed by atoms with Crippen molar-refractivity contribution < 1.29 is 0 Å². The smallest absolute Gasteiger partial charge is 0.137 e. The second-order valence-electron chi connectivity index (χ2n) is 2.47. The predicted octanol–water partition coefficient (Wildman–Crippen LogP) is 2.10. The van der Waals surface area contributed by atoms with E-state index in [1.807, 2.05) is 23.7 Å². The van der Waals surface area contributed by atoms with Crippen LogP contribution in [0.5, 0.6) is 0 Å². The fourth-order valence-corrected chi connectivity index (χ4v) is 1.65. The number of para-hydroxylation sites is 1. The summed E-state index contributed by atoms with van der Waals surface area (Å²) in [5, 5.41) is 5.99. The number of benzene rings is 1. The molecule has 0 aliphatic rings. The third-order valence-corrected chi connectivity index (χ3v) is 2.38. The van der Waals surface area contributed by atoms with Gasteiger partial charge in [-0.1, -0.05) is 12.1 Å². The molecular formula is C9H8N4S. The van der Waals surface area contributed by atoms with Crippen molar-refractivity contribution in [2.75, 3.05) is 0 Å². The zero-order valence-corrected chi connectivity index (χ0v) is 8.11. The number of nitrogens with one attached hydrogen (secondary N) is 1. The lowest BCUT2D eigenvalue weighted by Gasteiger charge is -1.80. The van der Waals surface area contributed by atoms with E-state index in [1.54, 1.807) is 11.3 Å². The maximum absolute atomic E-state index is 4.14. The summed E-state index contributed by atoms with van der Waals surface area (Å²) in [4.78, 5) is 7.69. The van der Waals surface area contributed by atoms with Crippen LogP contribution >= 0.6 is 11.3 Å². The highest BCUT2D eigenvalue weighted by molar-refractivity contribution is 7.16. The lowest BCUT2D eigenvalue weighted by molar-refractivity contribution is 1.09. The number of rotatable bonds is 0. The van der Waals surface area contributed by atoms with Crippen molar-refractivity contribution in [3.8, 4) is 0 Å². The van der Waals surface area contributed by atoms with Gasteiger partial charge in [0, 0.05) is 0 Å². The number of hydrogen-bond acceptors (Lipinski definition) is 4. The molecule has 0 fully saturated rings. The fourth-order valence-electron chi connectivity index (χ4n) is 0.970. The summed E-state index contributed by atoms with van der Waals surface area (Å²) in [6.45, 7) is 0. The van der Waals surface area contributed by atoms with Crippen LogP contribution in [0.15, 0.2) is 42.4 Å². The molecular weight excluding hydrogens is 196 g/mol. The van der Waals surface area contributed by atoms with Gasteiger partial charge in [-0.3, -0.25) is 5.10 Å². The van der Waals surface area contributed by atoms with Crippen molar-refractivity contribution in [3.63, 3.8) is 0 Å². The minimum Gasteiger partial charge on any atom is -0.266 e. The lowest BCUT2D eigenvalue weighted by atomic mass is 10.3. The molecule has 4 nitrogen and oxygen atoms in total. The topological polar surface area (TPSA) is 54.5 Å². The highest BCUT2D eigenvalue weighted by Crippen LogP contribution is 2.15. The van der Waals surface area contributed by atoms with Gasteiger partial charge in [0.2, 0.25) is 0 Å². The van der Waals surface area contributed by atoms with E-state index in [-0.39, 0.29) is 0 Å². The van der Waals surface area contributed by atoms with E-state index in [4.69, 9.17) is 0 Å². The third kappa shape index (κ3) is 2.14. The van der Waals surface area contributed by atoms with E-state index in [1.165, 1.54) is 17.4 Å². The molecule has 14 heavy (non-hydrogen) atoms. The van der Waals surface area contributed by atoms with Crippen LogP contribution in [0, 0.1) is 0 Å². The maximum atomic E-state index is 4.14. The van der Waals surface area contributed by atoms with Gasteiger partial charge in [0.25, 0.3) is 0 Å². The van der Waals surface area contributed by atoms with Crippen LogP contribution in [0.25, 0.3) is 10.2 Å². The average molecular weight is 204 g/mol. The number of H-pyrrole nitrogens is 1. The zero-order chi connectivity index (χ0) is 9.64. The predicted molar refractivity (Wildman–Crippen MR) is 56.0 cm³/mol. The van der Waals surface area contributed by atoms with Gasteiger partial charge in [-0.25, -0.2) is 9.97 Å². The minimum absolute atomic E-state index is 1.10. The number of fused-ring (bicyclic) bond motifs is 1. The third-order valence-electron chi connectivity index (χ3n) is 1.57.